The van der Waals surface area contributed by atoms with Gasteiger partial charge in [-0.25, -0.2) is 0 Å². The highest BCUT2D eigenvalue weighted by molar-refractivity contribution is 9.09. The third-order valence-electron chi connectivity index (χ3n) is 2.18. The van der Waals surface area contributed by atoms with Crippen LogP contribution >= 0.6 is 15.9 Å². The molecule has 0 N–H and O–H groups in total. The zero-order chi connectivity index (χ0) is 7.56. The molecule has 1 atom stereocenters. The van der Waals surface area contributed by atoms with Crippen LogP contribution in [0.5, 0.6) is 0 Å². The van der Waals surface area contributed by atoms with Gasteiger partial charge in [0.2, 0.25) is 0 Å². The minimum absolute atomic E-state index is 0.565. The van der Waals surface area contributed by atoms with Gasteiger partial charge in [0.05, 0.1) is 6.10 Å². The van der Waals surface area contributed by atoms with Gasteiger partial charge in [-0.15, -0.1) is 0 Å². The van der Waals surface area contributed by atoms with Gasteiger partial charge in [0.15, 0.2) is 0 Å². The molecule has 0 aromatic carbocycles. The van der Waals surface area contributed by atoms with Crippen LogP contribution in [-0.4, -0.2) is 17.5 Å². The van der Waals surface area contributed by atoms with Crippen molar-refractivity contribution in [3.8, 4) is 0 Å². The lowest BCUT2D eigenvalue weighted by atomic mass is 9.80. The molecule has 1 fully saturated rings. The molecule has 1 nitrogen and oxygen atoms in total. The molecule has 0 bridgehead atoms. The first-order valence-electron chi connectivity index (χ1n) is 3.99. The minimum atomic E-state index is 0.565. The molecule has 1 aliphatic carbocycles. The molecule has 1 rings (SSSR count). The van der Waals surface area contributed by atoms with E-state index in [1.54, 1.807) is 0 Å². The highest BCUT2D eigenvalue weighted by Gasteiger charge is 2.31. The summed E-state index contributed by atoms with van der Waals surface area (Å²) in [4.78, 5) is 0.671. The molecule has 10 heavy (non-hydrogen) atoms. The molecule has 0 aliphatic heterocycles. The summed E-state index contributed by atoms with van der Waals surface area (Å²) in [6.07, 6.45) is 3.07. The third-order valence-corrected chi connectivity index (χ3v) is 2.93. The van der Waals surface area contributed by atoms with Gasteiger partial charge in [-0.1, -0.05) is 22.9 Å². The van der Waals surface area contributed by atoms with Gasteiger partial charge in [-0.05, 0) is 25.7 Å². The molecule has 1 aliphatic rings. The van der Waals surface area contributed by atoms with Crippen LogP contribution < -0.4 is 0 Å². The van der Waals surface area contributed by atoms with Crippen LogP contribution in [0.4, 0.5) is 0 Å². The lowest BCUT2D eigenvalue weighted by Crippen LogP contribution is -2.35. The number of rotatable bonds is 3. The van der Waals surface area contributed by atoms with Gasteiger partial charge in [0.25, 0.3) is 0 Å². The van der Waals surface area contributed by atoms with Crippen molar-refractivity contribution >= 4 is 15.9 Å². The van der Waals surface area contributed by atoms with Gasteiger partial charge in [-0.3, -0.25) is 0 Å². The zero-order valence-electron chi connectivity index (χ0n) is 6.64. The second kappa shape index (κ2) is 3.72. The summed E-state index contributed by atoms with van der Waals surface area (Å²) in [5.74, 6) is 0.858. The Labute approximate surface area is 71.3 Å². The average Bonchev–Trinajstić information content (AvgIpc) is 1.76. The number of hydrogen-bond acceptors (Lipinski definition) is 1. The van der Waals surface area contributed by atoms with E-state index in [9.17, 15) is 0 Å². The van der Waals surface area contributed by atoms with Crippen LogP contribution in [0.15, 0.2) is 0 Å². The first kappa shape index (κ1) is 8.54. The van der Waals surface area contributed by atoms with E-state index in [2.05, 4.69) is 29.8 Å². The van der Waals surface area contributed by atoms with Crippen molar-refractivity contribution in [2.45, 2.75) is 37.6 Å². The van der Waals surface area contributed by atoms with Gasteiger partial charge in [0, 0.05) is 11.4 Å². The van der Waals surface area contributed by atoms with Crippen molar-refractivity contribution in [2.24, 2.45) is 5.92 Å². The Kier molecular flexibility index (Phi) is 3.18. The number of hydrogen-bond donors (Lipinski definition) is 0. The van der Waals surface area contributed by atoms with Gasteiger partial charge in [-0.2, -0.15) is 0 Å². The number of ether oxygens (including phenoxy) is 1. The van der Waals surface area contributed by atoms with E-state index in [0.717, 1.165) is 12.5 Å². The molecule has 1 unspecified atom stereocenters. The molecule has 0 amide bonds. The summed E-state index contributed by atoms with van der Waals surface area (Å²) in [6, 6.07) is 0. The third kappa shape index (κ3) is 1.96. The molecular weight excluding hydrogens is 192 g/mol. The Morgan fingerprint density at radius 2 is 2.20 bits per heavy atom. The molecule has 0 aromatic rings. The van der Waals surface area contributed by atoms with E-state index in [1.165, 1.54) is 12.8 Å². The zero-order valence-corrected chi connectivity index (χ0v) is 8.23. The van der Waals surface area contributed by atoms with Crippen LogP contribution in [-0.2, 0) is 4.74 Å². The quantitative estimate of drug-likeness (QED) is 0.646. The predicted octanol–water partition coefficient (Wildman–Crippen LogP) is 2.58. The predicted molar refractivity (Wildman–Crippen MR) is 46.5 cm³/mol. The lowest BCUT2D eigenvalue weighted by molar-refractivity contribution is -0.0230. The summed E-state index contributed by atoms with van der Waals surface area (Å²) in [5, 5.41) is 0. The number of halogens is 1. The number of alkyl halides is 1. The first-order valence-corrected chi connectivity index (χ1v) is 4.91. The highest BCUT2D eigenvalue weighted by atomic mass is 79.9. The molecular formula is C8H15BrO. The van der Waals surface area contributed by atoms with E-state index in [-0.39, 0.29) is 0 Å². The maximum atomic E-state index is 5.44. The van der Waals surface area contributed by atoms with Gasteiger partial charge >= 0.3 is 0 Å². The standard InChI is InChI=1S/C8H15BrO/c1-3-10-8-4-7(5-8)6(2)9/h6-8H,3-5H2,1-2H3. The Morgan fingerprint density at radius 3 is 2.60 bits per heavy atom. The van der Waals surface area contributed by atoms with Crippen molar-refractivity contribution < 1.29 is 4.74 Å². The second-order valence-corrected chi connectivity index (χ2v) is 4.43. The van der Waals surface area contributed by atoms with Crippen molar-refractivity contribution in [3.05, 3.63) is 0 Å². The Morgan fingerprint density at radius 1 is 1.60 bits per heavy atom. The summed E-state index contributed by atoms with van der Waals surface area (Å²) in [7, 11) is 0. The smallest absolute Gasteiger partial charge is 0.0581 e. The van der Waals surface area contributed by atoms with Crippen LogP contribution in [0, 0.1) is 5.92 Å². The average molecular weight is 207 g/mol. The van der Waals surface area contributed by atoms with Crippen molar-refractivity contribution in [3.63, 3.8) is 0 Å². The summed E-state index contributed by atoms with van der Waals surface area (Å²) < 4.78 is 5.44. The molecule has 0 heterocycles. The normalized spacial score (nSPS) is 35.1. The Balaban J connectivity index is 2.06. The first-order chi connectivity index (χ1) is 4.74. The lowest BCUT2D eigenvalue weighted by Gasteiger charge is -2.36. The van der Waals surface area contributed by atoms with Crippen molar-refractivity contribution in [1.82, 2.24) is 0 Å². The minimum Gasteiger partial charge on any atom is -0.378 e. The van der Waals surface area contributed by atoms with E-state index in [4.69, 9.17) is 4.74 Å². The largest absolute Gasteiger partial charge is 0.378 e. The molecule has 60 valence electrons. The Hall–Kier alpha value is 0.440. The maximum Gasteiger partial charge on any atom is 0.0581 e. The van der Waals surface area contributed by atoms with Crippen LogP contribution in [0.3, 0.4) is 0 Å². The molecule has 0 spiro atoms. The molecule has 1 saturated carbocycles. The van der Waals surface area contributed by atoms with E-state index in [0.29, 0.717) is 10.9 Å². The molecule has 0 aromatic heterocycles. The van der Waals surface area contributed by atoms with E-state index in [1.807, 2.05) is 0 Å². The molecule has 0 saturated heterocycles. The summed E-state index contributed by atoms with van der Waals surface area (Å²) >= 11 is 3.57. The highest BCUT2D eigenvalue weighted by Crippen LogP contribution is 2.35. The fourth-order valence-electron chi connectivity index (χ4n) is 1.35. The Bertz CT molecular complexity index is 97.4. The topological polar surface area (TPSA) is 9.23 Å². The fourth-order valence-corrected chi connectivity index (χ4v) is 1.78. The fraction of sp³-hybridized carbons (Fsp3) is 1.00. The van der Waals surface area contributed by atoms with Crippen LogP contribution in [0.25, 0.3) is 0 Å². The summed E-state index contributed by atoms with van der Waals surface area (Å²) in [5.41, 5.74) is 0. The SMILES string of the molecule is CCOC1CC(C(C)Br)C1. The van der Waals surface area contributed by atoms with E-state index >= 15 is 0 Å². The van der Waals surface area contributed by atoms with Crippen LogP contribution in [0.1, 0.15) is 26.7 Å². The summed E-state index contributed by atoms with van der Waals surface area (Å²) in [6.45, 7) is 5.14. The monoisotopic (exact) mass is 206 g/mol. The maximum absolute atomic E-state index is 5.44. The van der Waals surface area contributed by atoms with Gasteiger partial charge < -0.3 is 4.74 Å². The van der Waals surface area contributed by atoms with Gasteiger partial charge in [0.1, 0.15) is 0 Å². The van der Waals surface area contributed by atoms with Crippen LogP contribution in [0.2, 0.25) is 0 Å². The molecule has 0 radical (unpaired) electrons. The van der Waals surface area contributed by atoms with E-state index < -0.39 is 0 Å². The van der Waals surface area contributed by atoms with Crippen molar-refractivity contribution in [2.75, 3.05) is 6.61 Å². The van der Waals surface area contributed by atoms with Crippen molar-refractivity contribution in [1.29, 1.82) is 0 Å². The molecule has 2 heteroatoms. The second-order valence-electron chi connectivity index (χ2n) is 2.99.